The SMILES string of the molecule is O=C(NCc1ccccc1)c1ccc2[nH]c(=O)c(-c3cccs3)nc2c1. The van der Waals surface area contributed by atoms with Gasteiger partial charge >= 0.3 is 0 Å². The summed E-state index contributed by atoms with van der Waals surface area (Å²) >= 11 is 1.45. The third-order valence-corrected chi connectivity index (χ3v) is 4.88. The average molecular weight is 361 g/mol. The second-order valence-corrected chi connectivity index (χ2v) is 6.74. The van der Waals surface area contributed by atoms with E-state index in [0.717, 1.165) is 10.4 Å². The highest BCUT2D eigenvalue weighted by Crippen LogP contribution is 2.21. The quantitative estimate of drug-likeness (QED) is 0.583. The van der Waals surface area contributed by atoms with Crippen LogP contribution >= 0.6 is 11.3 Å². The molecule has 0 radical (unpaired) electrons. The number of carbonyl (C=O) groups excluding carboxylic acids is 1. The summed E-state index contributed by atoms with van der Waals surface area (Å²) < 4.78 is 0. The molecule has 0 aliphatic heterocycles. The lowest BCUT2D eigenvalue weighted by Gasteiger charge is -2.07. The molecule has 0 spiro atoms. The van der Waals surface area contributed by atoms with Crippen LogP contribution in [0.2, 0.25) is 0 Å². The van der Waals surface area contributed by atoms with Crippen molar-refractivity contribution >= 4 is 28.3 Å². The van der Waals surface area contributed by atoms with Gasteiger partial charge in [-0.2, -0.15) is 0 Å². The van der Waals surface area contributed by atoms with E-state index >= 15 is 0 Å². The van der Waals surface area contributed by atoms with Crippen molar-refractivity contribution in [3.05, 3.63) is 87.5 Å². The van der Waals surface area contributed by atoms with Gasteiger partial charge in [-0.3, -0.25) is 9.59 Å². The summed E-state index contributed by atoms with van der Waals surface area (Å²) in [5.41, 5.74) is 2.86. The first-order valence-electron chi connectivity index (χ1n) is 8.11. The number of hydrogen-bond donors (Lipinski definition) is 2. The molecule has 26 heavy (non-hydrogen) atoms. The fourth-order valence-electron chi connectivity index (χ4n) is 2.68. The Morgan fingerprint density at radius 1 is 1.08 bits per heavy atom. The highest BCUT2D eigenvalue weighted by atomic mass is 32.1. The van der Waals surface area contributed by atoms with E-state index < -0.39 is 0 Å². The van der Waals surface area contributed by atoms with Gasteiger partial charge in [0.1, 0.15) is 5.69 Å². The summed E-state index contributed by atoms with van der Waals surface area (Å²) in [7, 11) is 0. The number of thiophene rings is 1. The van der Waals surface area contributed by atoms with Gasteiger partial charge in [0.2, 0.25) is 0 Å². The van der Waals surface area contributed by atoms with Gasteiger partial charge in [0.15, 0.2) is 0 Å². The van der Waals surface area contributed by atoms with Crippen LogP contribution in [0.15, 0.2) is 70.8 Å². The molecule has 5 nitrogen and oxygen atoms in total. The molecule has 4 aromatic rings. The van der Waals surface area contributed by atoms with E-state index in [1.54, 1.807) is 18.2 Å². The molecule has 4 rings (SSSR count). The second kappa shape index (κ2) is 6.93. The Bertz CT molecular complexity index is 1120. The Hall–Kier alpha value is -3.25. The number of H-pyrrole nitrogens is 1. The largest absolute Gasteiger partial charge is 0.348 e. The van der Waals surface area contributed by atoms with Crippen LogP contribution in [0.1, 0.15) is 15.9 Å². The van der Waals surface area contributed by atoms with Gasteiger partial charge in [0.25, 0.3) is 11.5 Å². The van der Waals surface area contributed by atoms with Gasteiger partial charge in [-0.15, -0.1) is 11.3 Å². The smallest absolute Gasteiger partial charge is 0.275 e. The third kappa shape index (κ3) is 3.27. The first kappa shape index (κ1) is 16.2. The molecule has 2 aromatic carbocycles. The lowest BCUT2D eigenvalue weighted by molar-refractivity contribution is 0.0951. The maximum absolute atomic E-state index is 12.4. The molecule has 0 aliphatic carbocycles. The summed E-state index contributed by atoms with van der Waals surface area (Å²) in [6, 6.07) is 18.5. The number of nitrogens with one attached hydrogen (secondary N) is 2. The van der Waals surface area contributed by atoms with Crippen LogP contribution < -0.4 is 10.9 Å². The van der Waals surface area contributed by atoms with Crippen molar-refractivity contribution in [2.75, 3.05) is 0 Å². The Kier molecular flexibility index (Phi) is 4.33. The zero-order valence-electron chi connectivity index (χ0n) is 13.7. The van der Waals surface area contributed by atoms with E-state index in [1.165, 1.54) is 11.3 Å². The predicted octanol–water partition coefficient (Wildman–Crippen LogP) is 3.58. The van der Waals surface area contributed by atoms with Crippen LogP contribution in [-0.4, -0.2) is 15.9 Å². The van der Waals surface area contributed by atoms with Crippen molar-refractivity contribution in [3.63, 3.8) is 0 Å². The summed E-state index contributed by atoms with van der Waals surface area (Å²) in [4.78, 5) is 32.7. The number of aromatic nitrogens is 2. The fourth-order valence-corrected chi connectivity index (χ4v) is 3.40. The van der Waals surface area contributed by atoms with Crippen LogP contribution in [0.4, 0.5) is 0 Å². The average Bonchev–Trinajstić information content (AvgIpc) is 3.20. The van der Waals surface area contributed by atoms with Crippen molar-refractivity contribution < 1.29 is 4.79 Å². The molecule has 2 N–H and O–H groups in total. The summed E-state index contributed by atoms with van der Waals surface area (Å²) in [6.45, 7) is 0.456. The van der Waals surface area contributed by atoms with E-state index in [1.807, 2.05) is 47.8 Å². The molecule has 0 aliphatic rings. The molecule has 0 saturated heterocycles. The molecule has 0 bridgehead atoms. The second-order valence-electron chi connectivity index (χ2n) is 5.79. The maximum atomic E-state index is 12.4. The molecule has 2 heterocycles. The first-order chi connectivity index (χ1) is 12.7. The van der Waals surface area contributed by atoms with Gasteiger partial charge < -0.3 is 10.3 Å². The van der Waals surface area contributed by atoms with Gasteiger partial charge in [-0.1, -0.05) is 36.4 Å². The highest BCUT2D eigenvalue weighted by Gasteiger charge is 2.11. The van der Waals surface area contributed by atoms with Crippen molar-refractivity contribution in [2.24, 2.45) is 0 Å². The Morgan fingerprint density at radius 2 is 1.92 bits per heavy atom. The van der Waals surface area contributed by atoms with E-state index in [2.05, 4.69) is 15.3 Å². The summed E-state index contributed by atoms with van der Waals surface area (Å²) in [6.07, 6.45) is 0. The van der Waals surface area contributed by atoms with Crippen molar-refractivity contribution in [1.29, 1.82) is 0 Å². The number of carbonyl (C=O) groups is 1. The minimum Gasteiger partial charge on any atom is -0.348 e. The zero-order chi connectivity index (χ0) is 17.9. The lowest BCUT2D eigenvalue weighted by atomic mass is 10.1. The zero-order valence-corrected chi connectivity index (χ0v) is 14.5. The number of rotatable bonds is 4. The highest BCUT2D eigenvalue weighted by molar-refractivity contribution is 7.13. The maximum Gasteiger partial charge on any atom is 0.275 e. The molecule has 6 heteroatoms. The van der Waals surface area contributed by atoms with Gasteiger partial charge in [0, 0.05) is 12.1 Å². The van der Waals surface area contributed by atoms with Crippen LogP contribution in [0.5, 0.6) is 0 Å². The topological polar surface area (TPSA) is 74.8 Å². The third-order valence-electron chi connectivity index (χ3n) is 4.01. The fraction of sp³-hybridized carbons (Fsp3) is 0.0500. The molecular weight excluding hydrogens is 346 g/mol. The summed E-state index contributed by atoms with van der Waals surface area (Å²) in [5, 5.41) is 4.79. The molecule has 0 atom stereocenters. The molecule has 0 fully saturated rings. The Morgan fingerprint density at radius 3 is 2.69 bits per heavy atom. The number of aromatic amines is 1. The number of nitrogens with zero attached hydrogens (tertiary/aromatic N) is 1. The Balaban J connectivity index is 1.63. The van der Waals surface area contributed by atoms with Crippen molar-refractivity contribution in [3.8, 4) is 10.6 Å². The molecular formula is C20H15N3O2S. The van der Waals surface area contributed by atoms with Gasteiger partial charge in [-0.25, -0.2) is 4.98 Å². The molecule has 0 unspecified atom stereocenters. The summed E-state index contributed by atoms with van der Waals surface area (Å²) in [5.74, 6) is -0.179. The van der Waals surface area contributed by atoms with Crippen LogP contribution in [0.3, 0.4) is 0 Å². The monoisotopic (exact) mass is 361 g/mol. The normalized spacial score (nSPS) is 10.8. The minimum atomic E-state index is -0.235. The van der Waals surface area contributed by atoms with Crippen molar-refractivity contribution in [2.45, 2.75) is 6.54 Å². The minimum absolute atomic E-state index is 0.179. The van der Waals surface area contributed by atoms with E-state index in [9.17, 15) is 9.59 Å². The van der Waals surface area contributed by atoms with Crippen molar-refractivity contribution in [1.82, 2.24) is 15.3 Å². The van der Waals surface area contributed by atoms with E-state index in [0.29, 0.717) is 28.8 Å². The standard InChI is InChI=1S/C20H15N3O2S/c24-19(21-12-13-5-2-1-3-6-13)14-8-9-15-16(11-14)22-18(20(25)23-15)17-7-4-10-26-17/h1-11H,12H2,(H,21,24)(H,23,25). The van der Waals surface area contributed by atoms with Gasteiger partial charge in [0.05, 0.1) is 15.9 Å². The Labute approximate surface area is 153 Å². The number of fused-ring (bicyclic) bond motifs is 1. The van der Waals surface area contributed by atoms with E-state index in [4.69, 9.17) is 0 Å². The molecule has 2 aromatic heterocycles. The number of hydrogen-bond acceptors (Lipinski definition) is 4. The predicted molar refractivity (Wildman–Crippen MR) is 103 cm³/mol. The number of benzene rings is 2. The first-order valence-corrected chi connectivity index (χ1v) is 8.99. The van der Waals surface area contributed by atoms with Crippen LogP contribution in [-0.2, 0) is 6.54 Å². The molecule has 128 valence electrons. The lowest BCUT2D eigenvalue weighted by Crippen LogP contribution is -2.22. The van der Waals surface area contributed by atoms with E-state index in [-0.39, 0.29) is 11.5 Å². The molecule has 1 amide bonds. The van der Waals surface area contributed by atoms with Crippen LogP contribution in [0, 0.1) is 0 Å². The molecule has 0 saturated carbocycles. The van der Waals surface area contributed by atoms with Crippen LogP contribution in [0.25, 0.3) is 21.6 Å². The van der Waals surface area contributed by atoms with Gasteiger partial charge in [-0.05, 0) is 35.2 Å². The number of amides is 1.